The zero-order valence-corrected chi connectivity index (χ0v) is 21.4. The largest absolute Gasteiger partial charge is 0.481 e. The number of carbonyl (C=O) groups excluding carboxylic acids is 3. The van der Waals surface area contributed by atoms with Crippen molar-refractivity contribution in [2.75, 3.05) is 11.9 Å². The number of ketones is 2. The van der Waals surface area contributed by atoms with Crippen LogP contribution in [0.2, 0.25) is 10.0 Å². The summed E-state index contributed by atoms with van der Waals surface area (Å²) in [6.07, 6.45) is 4.00. The van der Waals surface area contributed by atoms with E-state index in [0.717, 1.165) is 42.6 Å². The molecule has 2 N–H and O–H groups in total. The number of rotatable bonds is 5. The Labute approximate surface area is 219 Å². The van der Waals surface area contributed by atoms with Crippen LogP contribution in [0.3, 0.4) is 0 Å². The first-order valence-corrected chi connectivity index (χ1v) is 12.9. The minimum absolute atomic E-state index is 0.0409. The molecule has 0 bridgehead atoms. The quantitative estimate of drug-likeness (QED) is 0.499. The number of benzene rings is 2. The smallest absolute Gasteiger partial charge is 0.262 e. The zero-order valence-electron chi connectivity index (χ0n) is 19.9. The molecule has 2 aromatic rings. The van der Waals surface area contributed by atoms with Crippen molar-refractivity contribution in [1.29, 1.82) is 0 Å². The number of ether oxygens (including phenoxy) is 1. The van der Waals surface area contributed by atoms with E-state index in [-0.39, 0.29) is 39.9 Å². The number of allylic oxidation sites excluding steroid dienone is 4. The van der Waals surface area contributed by atoms with Gasteiger partial charge in [0.2, 0.25) is 0 Å². The summed E-state index contributed by atoms with van der Waals surface area (Å²) in [5.41, 5.74) is 5.36. The number of carbonyl (C=O) groups is 3. The molecule has 0 spiro atoms. The predicted molar refractivity (Wildman–Crippen MR) is 139 cm³/mol. The van der Waals surface area contributed by atoms with E-state index in [1.54, 1.807) is 12.1 Å². The summed E-state index contributed by atoms with van der Waals surface area (Å²) in [6.45, 7) is 1.63. The molecular formula is C28H26Cl2N2O4. The fourth-order valence-corrected chi connectivity index (χ4v) is 5.85. The number of anilines is 1. The lowest BCUT2D eigenvalue weighted by Crippen LogP contribution is -2.36. The summed E-state index contributed by atoms with van der Waals surface area (Å²) in [4.78, 5) is 38.5. The van der Waals surface area contributed by atoms with Crippen LogP contribution in [0.15, 0.2) is 58.9 Å². The van der Waals surface area contributed by atoms with Crippen LogP contribution in [-0.4, -0.2) is 24.1 Å². The van der Waals surface area contributed by atoms with Gasteiger partial charge in [0.05, 0.1) is 10.0 Å². The van der Waals surface area contributed by atoms with Crippen molar-refractivity contribution in [1.82, 2.24) is 5.32 Å². The second-order valence-corrected chi connectivity index (χ2v) is 10.2. The highest BCUT2D eigenvalue weighted by Crippen LogP contribution is 2.47. The third kappa shape index (κ3) is 4.67. The van der Waals surface area contributed by atoms with E-state index in [0.29, 0.717) is 35.2 Å². The molecule has 0 atom stereocenters. The molecule has 0 aromatic heterocycles. The summed E-state index contributed by atoms with van der Waals surface area (Å²) in [5, 5.41) is 6.64. The second kappa shape index (κ2) is 10.1. The maximum Gasteiger partial charge on any atom is 0.262 e. The Kier molecular flexibility index (Phi) is 6.91. The van der Waals surface area contributed by atoms with Crippen LogP contribution < -0.4 is 15.4 Å². The fourth-order valence-electron chi connectivity index (χ4n) is 5.24. The Morgan fingerprint density at radius 1 is 0.972 bits per heavy atom. The molecule has 8 heteroatoms. The van der Waals surface area contributed by atoms with Gasteiger partial charge >= 0.3 is 0 Å². The predicted octanol–water partition coefficient (Wildman–Crippen LogP) is 6.02. The lowest BCUT2D eigenvalue weighted by Gasteiger charge is -2.37. The van der Waals surface area contributed by atoms with Crippen molar-refractivity contribution in [3.8, 4) is 5.75 Å². The van der Waals surface area contributed by atoms with Crippen molar-refractivity contribution in [3.05, 3.63) is 80.1 Å². The Balaban J connectivity index is 1.43. The molecule has 1 aliphatic heterocycles. The Bertz CT molecular complexity index is 1280. The van der Waals surface area contributed by atoms with Crippen LogP contribution in [0.4, 0.5) is 5.69 Å². The van der Waals surface area contributed by atoms with Crippen LogP contribution in [0.25, 0.3) is 0 Å². The third-order valence-corrected chi connectivity index (χ3v) is 7.47. The highest BCUT2D eigenvalue weighted by Gasteiger charge is 2.40. The van der Waals surface area contributed by atoms with Gasteiger partial charge in [-0.1, -0.05) is 41.4 Å². The van der Waals surface area contributed by atoms with Gasteiger partial charge in [-0.15, -0.1) is 0 Å². The molecule has 0 unspecified atom stereocenters. The van der Waals surface area contributed by atoms with E-state index < -0.39 is 5.92 Å². The zero-order chi connectivity index (χ0) is 25.4. The third-order valence-electron chi connectivity index (χ3n) is 6.91. The molecule has 1 heterocycles. The average molecular weight is 525 g/mol. The van der Waals surface area contributed by atoms with E-state index in [4.69, 9.17) is 27.9 Å². The topological polar surface area (TPSA) is 84.5 Å². The number of nitrogens with one attached hydrogen (secondary N) is 2. The van der Waals surface area contributed by atoms with Gasteiger partial charge < -0.3 is 15.4 Å². The van der Waals surface area contributed by atoms with Crippen molar-refractivity contribution < 1.29 is 19.1 Å². The number of Topliss-reactive ketones (excluding diaryl/α,β-unsaturated/α-hetero) is 2. The van der Waals surface area contributed by atoms with Gasteiger partial charge in [0.1, 0.15) is 0 Å². The number of hydrogen-bond donors (Lipinski definition) is 2. The van der Waals surface area contributed by atoms with Gasteiger partial charge in [0.25, 0.3) is 5.91 Å². The van der Waals surface area contributed by atoms with Gasteiger partial charge in [-0.05, 0) is 61.9 Å². The summed E-state index contributed by atoms with van der Waals surface area (Å²) in [6, 6.07) is 10.8. The maximum atomic E-state index is 13.0. The molecule has 0 fully saturated rings. The molecule has 1 amide bonds. The lowest BCUT2D eigenvalue weighted by molar-refractivity contribution is -0.118. The number of aryl methyl sites for hydroxylation is 1. The monoisotopic (exact) mass is 524 g/mol. The molecule has 36 heavy (non-hydrogen) atoms. The Hall–Kier alpha value is -3.09. The van der Waals surface area contributed by atoms with Crippen LogP contribution in [0, 0.1) is 6.92 Å². The first kappa shape index (κ1) is 24.6. The molecular weight excluding hydrogens is 499 g/mol. The number of hydrogen-bond acceptors (Lipinski definition) is 5. The highest BCUT2D eigenvalue weighted by molar-refractivity contribution is 6.37. The van der Waals surface area contributed by atoms with Gasteiger partial charge in [-0.3, -0.25) is 14.4 Å². The van der Waals surface area contributed by atoms with Crippen LogP contribution in [0.5, 0.6) is 5.75 Å². The van der Waals surface area contributed by atoms with Crippen LogP contribution >= 0.6 is 23.2 Å². The fraction of sp³-hybridized carbons (Fsp3) is 0.321. The average Bonchev–Trinajstić information content (AvgIpc) is 2.84. The number of amides is 1. The number of para-hydroxylation sites is 1. The summed E-state index contributed by atoms with van der Waals surface area (Å²) in [5.74, 6) is -0.586. The van der Waals surface area contributed by atoms with Gasteiger partial charge in [-0.2, -0.15) is 0 Å². The van der Waals surface area contributed by atoms with Crippen molar-refractivity contribution in [2.24, 2.45) is 0 Å². The standard InChI is InChI=1S/C28H26Cl2N2O4/c1-15-6-2-3-7-19(15)32-24(35)14-36-28-17(29)12-16(13-18(28)30)25-26-20(8-4-10-22(26)33)31-21-9-5-11-23(34)27(21)25/h2-3,6-7,12-13,25,31H,4-5,8-11,14H2,1H3,(H,32,35). The molecule has 5 rings (SSSR count). The van der Waals surface area contributed by atoms with E-state index in [9.17, 15) is 14.4 Å². The first-order chi connectivity index (χ1) is 17.3. The van der Waals surface area contributed by atoms with Gasteiger partial charge in [0.15, 0.2) is 23.9 Å². The van der Waals surface area contributed by atoms with Gasteiger partial charge in [0, 0.05) is 47.0 Å². The molecule has 2 aromatic carbocycles. The molecule has 0 saturated carbocycles. The second-order valence-electron chi connectivity index (χ2n) is 9.36. The van der Waals surface area contributed by atoms with E-state index in [1.165, 1.54) is 0 Å². The molecule has 186 valence electrons. The van der Waals surface area contributed by atoms with Gasteiger partial charge in [-0.25, -0.2) is 0 Å². The van der Waals surface area contributed by atoms with E-state index in [1.807, 2.05) is 31.2 Å². The summed E-state index contributed by atoms with van der Waals surface area (Å²) >= 11 is 13.2. The lowest BCUT2D eigenvalue weighted by atomic mass is 9.71. The maximum absolute atomic E-state index is 13.0. The minimum atomic E-state index is -0.509. The van der Waals surface area contributed by atoms with Crippen molar-refractivity contribution in [3.63, 3.8) is 0 Å². The molecule has 3 aliphatic rings. The normalized spacial score (nSPS) is 18.0. The minimum Gasteiger partial charge on any atom is -0.481 e. The van der Waals surface area contributed by atoms with Crippen LogP contribution in [-0.2, 0) is 14.4 Å². The van der Waals surface area contributed by atoms with Crippen LogP contribution in [0.1, 0.15) is 55.6 Å². The molecule has 2 aliphatic carbocycles. The summed E-state index contributed by atoms with van der Waals surface area (Å²) < 4.78 is 5.69. The molecule has 6 nitrogen and oxygen atoms in total. The van der Waals surface area contributed by atoms with Crippen molar-refractivity contribution in [2.45, 2.75) is 51.4 Å². The van der Waals surface area contributed by atoms with Crippen molar-refractivity contribution >= 4 is 46.4 Å². The SMILES string of the molecule is Cc1ccccc1NC(=O)COc1c(Cl)cc(C2C3=C(CCCC3=O)NC3=C2C(=O)CCC3)cc1Cl. The highest BCUT2D eigenvalue weighted by atomic mass is 35.5. The summed E-state index contributed by atoms with van der Waals surface area (Å²) in [7, 11) is 0. The number of halogens is 2. The number of dihydropyridines is 1. The Morgan fingerprint density at radius 3 is 2.14 bits per heavy atom. The Morgan fingerprint density at radius 2 is 1.56 bits per heavy atom. The van der Waals surface area contributed by atoms with E-state index >= 15 is 0 Å². The van der Waals surface area contributed by atoms with E-state index in [2.05, 4.69) is 10.6 Å². The molecule has 0 saturated heterocycles. The first-order valence-electron chi connectivity index (χ1n) is 12.1. The molecule has 0 radical (unpaired) electrons.